The lowest BCUT2D eigenvalue weighted by Crippen LogP contribution is -2.70. The summed E-state index contributed by atoms with van der Waals surface area (Å²) in [5.74, 6) is -0.972. The Morgan fingerprint density at radius 1 is 1.44 bits per heavy atom. The standard InChI is InChI=1S/C10H14N2O5S/c1-3-7-4-8(13)11(5-7)9-6(2)12(10(9)14)18(15,16)17/h3,6-7,9H,1,4-5H2,2H3,(H,15,16,17)/t6-,7?,9-/m0/s1. The fourth-order valence-electron chi connectivity index (χ4n) is 2.49. The number of amides is 2. The van der Waals surface area contributed by atoms with Gasteiger partial charge in [0.15, 0.2) is 0 Å². The Morgan fingerprint density at radius 2 is 2.06 bits per heavy atom. The minimum absolute atomic E-state index is 0.0164. The third kappa shape index (κ3) is 1.81. The highest BCUT2D eigenvalue weighted by atomic mass is 32.2. The maximum atomic E-state index is 11.7. The van der Waals surface area contributed by atoms with E-state index in [1.165, 1.54) is 11.8 Å². The van der Waals surface area contributed by atoms with Gasteiger partial charge in [-0.05, 0) is 6.92 Å². The molecular formula is C10H14N2O5S. The van der Waals surface area contributed by atoms with Gasteiger partial charge in [0.2, 0.25) is 5.91 Å². The lowest BCUT2D eigenvalue weighted by molar-refractivity contribution is -0.154. The second-order valence-corrected chi connectivity index (χ2v) is 5.83. The summed E-state index contributed by atoms with van der Waals surface area (Å²) >= 11 is 0. The Morgan fingerprint density at radius 3 is 2.44 bits per heavy atom. The molecule has 7 nitrogen and oxygen atoms in total. The van der Waals surface area contributed by atoms with Gasteiger partial charge in [-0.25, -0.2) is 4.31 Å². The van der Waals surface area contributed by atoms with Crippen LogP contribution in [0.2, 0.25) is 0 Å². The van der Waals surface area contributed by atoms with Crippen LogP contribution in [0.3, 0.4) is 0 Å². The lowest BCUT2D eigenvalue weighted by Gasteiger charge is -2.46. The van der Waals surface area contributed by atoms with Crippen molar-refractivity contribution >= 4 is 22.1 Å². The van der Waals surface area contributed by atoms with Crippen molar-refractivity contribution in [2.45, 2.75) is 25.4 Å². The van der Waals surface area contributed by atoms with E-state index < -0.39 is 28.3 Å². The summed E-state index contributed by atoms with van der Waals surface area (Å²) in [6, 6.07) is -1.54. The average molecular weight is 274 g/mol. The summed E-state index contributed by atoms with van der Waals surface area (Å²) in [6.45, 7) is 5.44. The first-order valence-electron chi connectivity index (χ1n) is 5.50. The second-order valence-electron chi connectivity index (χ2n) is 4.54. The molecule has 0 spiro atoms. The molecule has 0 bridgehead atoms. The fourth-order valence-corrected chi connectivity index (χ4v) is 3.36. The Kier molecular flexibility index (Phi) is 2.94. The molecule has 18 heavy (non-hydrogen) atoms. The molecular weight excluding hydrogens is 260 g/mol. The van der Waals surface area contributed by atoms with Crippen LogP contribution in [-0.4, -0.2) is 52.6 Å². The van der Waals surface area contributed by atoms with E-state index in [1.807, 2.05) is 0 Å². The molecule has 2 amide bonds. The third-order valence-corrected chi connectivity index (χ3v) is 4.41. The first-order chi connectivity index (χ1) is 8.27. The van der Waals surface area contributed by atoms with Crippen LogP contribution in [0.4, 0.5) is 0 Å². The van der Waals surface area contributed by atoms with E-state index in [4.69, 9.17) is 4.55 Å². The van der Waals surface area contributed by atoms with Gasteiger partial charge in [0, 0.05) is 18.9 Å². The van der Waals surface area contributed by atoms with Gasteiger partial charge in [0.25, 0.3) is 5.91 Å². The number of hydrogen-bond acceptors (Lipinski definition) is 4. The lowest BCUT2D eigenvalue weighted by atomic mass is 9.99. The summed E-state index contributed by atoms with van der Waals surface area (Å²) in [4.78, 5) is 24.8. The van der Waals surface area contributed by atoms with Gasteiger partial charge in [0.1, 0.15) is 6.04 Å². The van der Waals surface area contributed by atoms with Crippen molar-refractivity contribution in [1.82, 2.24) is 9.21 Å². The van der Waals surface area contributed by atoms with Crippen molar-refractivity contribution in [1.29, 1.82) is 0 Å². The normalized spacial score (nSPS) is 32.7. The molecule has 8 heteroatoms. The van der Waals surface area contributed by atoms with Gasteiger partial charge >= 0.3 is 10.3 Å². The second kappa shape index (κ2) is 4.06. The molecule has 2 heterocycles. The number of nitrogens with zero attached hydrogens (tertiary/aromatic N) is 2. The molecule has 1 unspecified atom stereocenters. The van der Waals surface area contributed by atoms with Gasteiger partial charge in [-0.1, -0.05) is 6.08 Å². The Balaban J connectivity index is 2.16. The van der Waals surface area contributed by atoms with E-state index in [-0.39, 0.29) is 18.2 Å². The molecule has 0 aromatic carbocycles. The molecule has 0 aromatic rings. The van der Waals surface area contributed by atoms with Crippen molar-refractivity contribution in [2.24, 2.45) is 5.92 Å². The molecule has 100 valence electrons. The summed E-state index contributed by atoms with van der Waals surface area (Å²) < 4.78 is 31.1. The predicted molar refractivity (Wildman–Crippen MR) is 61.7 cm³/mol. The minimum atomic E-state index is -4.54. The quantitative estimate of drug-likeness (QED) is 0.422. The van der Waals surface area contributed by atoms with Gasteiger partial charge in [-0.15, -0.1) is 6.58 Å². The van der Waals surface area contributed by atoms with Crippen LogP contribution in [-0.2, 0) is 19.9 Å². The number of likely N-dealkylation sites (tertiary alicyclic amines) is 1. The van der Waals surface area contributed by atoms with Crippen LogP contribution < -0.4 is 0 Å². The van der Waals surface area contributed by atoms with E-state index in [0.717, 1.165) is 0 Å². The maximum absolute atomic E-state index is 11.7. The van der Waals surface area contributed by atoms with E-state index in [9.17, 15) is 18.0 Å². The zero-order valence-electron chi connectivity index (χ0n) is 9.81. The predicted octanol–water partition coefficient (Wildman–Crippen LogP) is -0.577. The summed E-state index contributed by atoms with van der Waals surface area (Å²) in [5.41, 5.74) is 0. The van der Waals surface area contributed by atoms with Crippen LogP contribution in [0.1, 0.15) is 13.3 Å². The fraction of sp³-hybridized carbons (Fsp3) is 0.600. The minimum Gasteiger partial charge on any atom is -0.328 e. The number of carbonyl (C=O) groups excluding carboxylic acids is 2. The monoisotopic (exact) mass is 274 g/mol. The molecule has 3 atom stereocenters. The Bertz CT molecular complexity index is 514. The molecule has 2 saturated heterocycles. The van der Waals surface area contributed by atoms with E-state index in [1.54, 1.807) is 6.08 Å². The van der Waals surface area contributed by atoms with E-state index >= 15 is 0 Å². The topological polar surface area (TPSA) is 95.0 Å². The first kappa shape index (κ1) is 13.0. The highest BCUT2D eigenvalue weighted by molar-refractivity contribution is 7.84. The van der Waals surface area contributed by atoms with Gasteiger partial charge in [-0.2, -0.15) is 8.42 Å². The average Bonchev–Trinajstić information content (AvgIpc) is 2.58. The van der Waals surface area contributed by atoms with Gasteiger partial charge in [-0.3, -0.25) is 14.1 Å². The molecule has 0 radical (unpaired) electrons. The van der Waals surface area contributed by atoms with Crippen LogP contribution in [0.5, 0.6) is 0 Å². The molecule has 0 saturated carbocycles. The zero-order valence-corrected chi connectivity index (χ0v) is 10.6. The van der Waals surface area contributed by atoms with E-state index in [0.29, 0.717) is 10.8 Å². The van der Waals surface area contributed by atoms with Gasteiger partial charge < -0.3 is 4.90 Å². The summed E-state index contributed by atoms with van der Waals surface area (Å²) in [6.07, 6.45) is 1.93. The van der Waals surface area contributed by atoms with Crippen molar-refractivity contribution < 1.29 is 22.6 Å². The highest BCUT2D eigenvalue weighted by Gasteiger charge is 2.55. The van der Waals surface area contributed by atoms with Gasteiger partial charge in [0.05, 0.1) is 6.04 Å². The van der Waals surface area contributed by atoms with Crippen LogP contribution in [0, 0.1) is 5.92 Å². The summed E-state index contributed by atoms with van der Waals surface area (Å²) in [7, 11) is -4.54. The number of carbonyl (C=O) groups is 2. The largest absolute Gasteiger partial charge is 0.362 e. The Hall–Kier alpha value is -1.41. The van der Waals surface area contributed by atoms with Crippen molar-refractivity contribution in [2.75, 3.05) is 6.54 Å². The maximum Gasteiger partial charge on any atom is 0.362 e. The molecule has 0 aromatic heterocycles. The number of rotatable bonds is 3. The third-order valence-electron chi connectivity index (χ3n) is 3.40. The SMILES string of the molecule is C=CC1CC(=O)N([C@@H]2C(=O)N(S(=O)(=O)O)[C@H]2C)C1. The molecule has 2 fully saturated rings. The smallest absolute Gasteiger partial charge is 0.328 e. The number of β-lactam (4-membered cyclic amide) rings is 1. The Labute approximate surface area is 105 Å². The molecule has 2 aliphatic rings. The first-order valence-corrected chi connectivity index (χ1v) is 6.89. The molecule has 1 N–H and O–H groups in total. The van der Waals surface area contributed by atoms with Crippen molar-refractivity contribution in [3.8, 4) is 0 Å². The molecule has 0 aliphatic carbocycles. The van der Waals surface area contributed by atoms with Crippen LogP contribution in [0.15, 0.2) is 12.7 Å². The highest BCUT2D eigenvalue weighted by Crippen LogP contribution is 2.32. The van der Waals surface area contributed by atoms with Crippen molar-refractivity contribution in [3.05, 3.63) is 12.7 Å². The van der Waals surface area contributed by atoms with Crippen LogP contribution in [0.25, 0.3) is 0 Å². The molecule has 2 aliphatic heterocycles. The zero-order chi connectivity index (χ0) is 13.7. The number of hydrogen-bond donors (Lipinski definition) is 1. The summed E-state index contributed by atoms with van der Waals surface area (Å²) in [5, 5.41) is 0. The van der Waals surface area contributed by atoms with Crippen molar-refractivity contribution in [3.63, 3.8) is 0 Å². The van der Waals surface area contributed by atoms with Crippen LogP contribution >= 0.6 is 0 Å². The molecule has 2 rings (SSSR count). The van der Waals surface area contributed by atoms with E-state index in [2.05, 4.69) is 6.58 Å².